The molecular formula is C15H20INO2. The van der Waals surface area contributed by atoms with E-state index in [2.05, 4.69) is 53.0 Å². The van der Waals surface area contributed by atoms with Crippen molar-refractivity contribution in [2.75, 3.05) is 18.5 Å². The highest BCUT2D eigenvalue weighted by Crippen LogP contribution is 2.36. The number of nitrogens with one attached hydrogen (secondary N) is 1. The SMILES string of the molecule is Cc1cc(I)ccc1NC1CCC2(CC1)OCCO2. The van der Waals surface area contributed by atoms with E-state index in [1.807, 2.05) is 0 Å². The van der Waals surface area contributed by atoms with Crippen LogP contribution < -0.4 is 5.32 Å². The van der Waals surface area contributed by atoms with Crippen LogP contribution in [0.2, 0.25) is 0 Å². The number of ether oxygens (including phenoxy) is 2. The normalized spacial score (nSPS) is 22.8. The summed E-state index contributed by atoms with van der Waals surface area (Å²) in [6.07, 6.45) is 4.25. The van der Waals surface area contributed by atoms with Crippen LogP contribution in [-0.2, 0) is 9.47 Å². The van der Waals surface area contributed by atoms with Crippen LogP contribution in [0.1, 0.15) is 31.2 Å². The Kier molecular flexibility index (Phi) is 4.01. The molecule has 3 nitrogen and oxygen atoms in total. The number of benzene rings is 1. The number of anilines is 1. The minimum atomic E-state index is -0.251. The highest BCUT2D eigenvalue weighted by Gasteiger charge is 2.40. The van der Waals surface area contributed by atoms with Gasteiger partial charge in [0.1, 0.15) is 0 Å². The first-order chi connectivity index (χ1) is 9.17. The molecule has 0 atom stereocenters. The van der Waals surface area contributed by atoms with Crippen LogP contribution in [0.15, 0.2) is 18.2 Å². The van der Waals surface area contributed by atoms with Crippen LogP contribution >= 0.6 is 22.6 Å². The van der Waals surface area contributed by atoms with Gasteiger partial charge in [-0.1, -0.05) is 0 Å². The van der Waals surface area contributed by atoms with Crippen LogP contribution in [0.3, 0.4) is 0 Å². The van der Waals surface area contributed by atoms with Gasteiger partial charge in [-0.05, 0) is 66.1 Å². The zero-order chi connectivity index (χ0) is 13.3. The third-order valence-electron chi connectivity index (χ3n) is 4.11. The van der Waals surface area contributed by atoms with E-state index < -0.39 is 0 Å². The molecule has 1 heterocycles. The first-order valence-corrected chi connectivity index (χ1v) is 8.05. The van der Waals surface area contributed by atoms with Crippen molar-refractivity contribution in [2.24, 2.45) is 0 Å². The summed E-state index contributed by atoms with van der Waals surface area (Å²) >= 11 is 2.35. The molecule has 1 aromatic carbocycles. The molecule has 0 amide bonds. The lowest BCUT2D eigenvalue weighted by Gasteiger charge is -2.36. The second-order valence-electron chi connectivity index (χ2n) is 5.49. The molecule has 19 heavy (non-hydrogen) atoms. The maximum absolute atomic E-state index is 5.77. The van der Waals surface area contributed by atoms with Crippen molar-refractivity contribution < 1.29 is 9.47 Å². The first kappa shape index (κ1) is 13.6. The molecule has 2 aliphatic rings. The number of rotatable bonds is 2. The van der Waals surface area contributed by atoms with Crippen molar-refractivity contribution in [3.8, 4) is 0 Å². The predicted molar refractivity (Wildman–Crippen MR) is 84.4 cm³/mol. The molecule has 0 unspecified atom stereocenters. The van der Waals surface area contributed by atoms with Gasteiger partial charge in [0.2, 0.25) is 0 Å². The summed E-state index contributed by atoms with van der Waals surface area (Å²) in [5.41, 5.74) is 2.58. The monoisotopic (exact) mass is 373 g/mol. The number of halogens is 1. The Labute approximate surface area is 128 Å². The van der Waals surface area contributed by atoms with Gasteiger partial charge in [0.05, 0.1) is 13.2 Å². The van der Waals surface area contributed by atoms with Crippen molar-refractivity contribution >= 4 is 28.3 Å². The topological polar surface area (TPSA) is 30.5 Å². The van der Waals surface area contributed by atoms with Gasteiger partial charge in [-0.3, -0.25) is 0 Å². The maximum atomic E-state index is 5.77. The maximum Gasteiger partial charge on any atom is 0.168 e. The molecule has 0 bridgehead atoms. The Morgan fingerprint density at radius 1 is 1.21 bits per heavy atom. The summed E-state index contributed by atoms with van der Waals surface area (Å²) in [5, 5.41) is 3.67. The number of aryl methyl sites for hydroxylation is 1. The quantitative estimate of drug-likeness (QED) is 0.802. The second-order valence-corrected chi connectivity index (χ2v) is 6.73. The van der Waals surface area contributed by atoms with Crippen LogP contribution in [0.25, 0.3) is 0 Å². The number of hydrogen-bond acceptors (Lipinski definition) is 3. The minimum Gasteiger partial charge on any atom is -0.382 e. The standard InChI is InChI=1S/C15H20INO2/c1-11-10-12(16)2-3-14(11)17-13-4-6-15(7-5-13)18-8-9-19-15/h2-3,10,13,17H,4-9H2,1H3. The fourth-order valence-corrected chi connectivity index (χ4v) is 3.64. The van der Waals surface area contributed by atoms with Gasteiger partial charge in [-0.2, -0.15) is 0 Å². The number of hydrogen-bond donors (Lipinski definition) is 1. The van der Waals surface area contributed by atoms with Gasteiger partial charge in [0, 0.05) is 28.1 Å². The van der Waals surface area contributed by atoms with Gasteiger partial charge in [-0.25, -0.2) is 0 Å². The molecule has 1 spiro atoms. The van der Waals surface area contributed by atoms with Crippen molar-refractivity contribution in [2.45, 2.75) is 44.4 Å². The van der Waals surface area contributed by atoms with Gasteiger partial charge < -0.3 is 14.8 Å². The van der Waals surface area contributed by atoms with Crippen molar-refractivity contribution in [1.82, 2.24) is 0 Å². The van der Waals surface area contributed by atoms with Crippen molar-refractivity contribution in [3.05, 3.63) is 27.3 Å². The fraction of sp³-hybridized carbons (Fsp3) is 0.600. The Hall–Kier alpha value is -0.330. The van der Waals surface area contributed by atoms with E-state index in [1.54, 1.807) is 0 Å². The average Bonchev–Trinajstić information content (AvgIpc) is 2.84. The van der Waals surface area contributed by atoms with Gasteiger partial charge in [-0.15, -0.1) is 0 Å². The molecule has 2 fully saturated rings. The molecule has 0 aromatic heterocycles. The molecule has 1 aliphatic carbocycles. The summed E-state index contributed by atoms with van der Waals surface area (Å²) in [7, 11) is 0. The molecular weight excluding hydrogens is 353 g/mol. The van der Waals surface area contributed by atoms with Gasteiger partial charge >= 0.3 is 0 Å². The predicted octanol–water partition coefficient (Wildman–Crippen LogP) is 3.70. The van der Waals surface area contributed by atoms with E-state index in [1.165, 1.54) is 14.8 Å². The molecule has 1 aliphatic heterocycles. The summed E-state index contributed by atoms with van der Waals surface area (Å²) in [6.45, 7) is 3.68. The molecule has 0 radical (unpaired) electrons. The molecule has 1 aromatic rings. The lowest BCUT2D eigenvalue weighted by Crippen LogP contribution is -2.39. The minimum absolute atomic E-state index is 0.251. The molecule has 4 heteroatoms. The van der Waals surface area contributed by atoms with Crippen LogP contribution in [-0.4, -0.2) is 25.0 Å². The Balaban J connectivity index is 1.60. The molecule has 104 valence electrons. The Bertz CT molecular complexity index is 447. The van der Waals surface area contributed by atoms with E-state index >= 15 is 0 Å². The Morgan fingerprint density at radius 3 is 2.53 bits per heavy atom. The van der Waals surface area contributed by atoms with E-state index in [-0.39, 0.29) is 5.79 Å². The molecule has 3 rings (SSSR count). The van der Waals surface area contributed by atoms with E-state index in [0.29, 0.717) is 6.04 Å². The van der Waals surface area contributed by atoms with Crippen molar-refractivity contribution in [3.63, 3.8) is 0 Å². The summed E-state index contributed by atoms with van der Waals surface area (Å²) in [5.74, 6) is -0.251. The third-order valence-corrected chi connectivity index (χ3v) is 4.78. The molecule has 1 N–H and O–H groups in total. The second kappa shape index (κ2) is 5.58. The summed E-state index contributed by atoms with van der Waals surface area (Å²) in [4.78, 5) is 0. The first-order valence-electron chi connectivity index (χ1n) is 6.97. The van der Waals surface area contributed by atoms with Gasteiger partial charge in [0.15, 0.2) is 5.79 Å². The van der Waals surface area contributed by atoms with E-state index in [0.717, 1.165) is 38.9 Å². The largest absolute Gasteiger partial charge is 0.382 e. The fourth-order valence-electron chi connectivity index (χ4n) is 3.00. The lowest BCUT2D eigenvalue weighted by molar-refractivity contribution is -0.177. The van der Waals surface area contributed by atoms with Crippen LogP contribution in [0.4, 0.5) is 5.69 Å². The van der Waals surface area contributed by atoms with Crippen LogP contribution in [0, 0.1) is 10.5 Å². The molecule has 1 saturated heterocycles. The summed E-state index contributed by atoms with van der Waals surface area (Å²) in [6, 6.07) is 7.10. The highest BCUT2D eigenvalue weighted by atomic mass is 127. The lowest BCUT2D eigenvalue weighted by atomic mass is 9.90. The smallest absolute Gasteiger partial charge is 0.168 e. The van der Waals surface area contributed by atoms with Crippen LogP contribution in [0.5, 0.6) is 0 Å². The van der Waals surface area contributed by atoms with E-state index in [4.69, 9.17) is 9.47 Å². The average molecular weight is 373 g/mol. The summed E-state index contributed by atoms with van der Waals surface area (Å²) < 4.78 is 12.8. The van der Waals surface area contributed by atoms with E-state index in [9.17, 15) is 0 Å². The van der Waals surface area contributed by atoms with Gasteiger partial charge in [0.25, 0.3) is 0 Å². The highest BCUT2D eigenvalue weighted by molar-refractivity contribution is 14.1. The zero-order valence-electron chi connectivity index (χ0n) is 11.2. The van der Waals surface area contributed by atoms with Crippen molar-refractivity contribution in [1.29, 1.82) is 0 Å². The Morgan fingerprint density at radius 2 is 1.89 bits per heavy atom. The third kappa shape index (κ3) is 3.06. The zero-order valence-corrected chi connectivity index (χ0v) is 13.4. The molecule has 1 saturated carbocycles.